The van der Waals surface area contributed by atoms with Gasteiger partial charge in [0.15, 0.2) is 11.6 Å². The van der Waals surface area contributed by atoms with E-state index >= 15 is 0 Å². The lowest BCUT2D eigenvalue weighted by molar-refractivity contribution is -0.133. The lowest BCUT2D eigenvalue weighted by Crippen LogP contribution is -2.33. The van der Waals surface area contributed by atoms with Gasteiger partial charge in [0, 0.05) is 17.8 Å². The molecule has 1 heterocycles. The summed E-state index contributed by atoms with van der Waals surface area (Å²) in [6.45, 7) is 1.57. The number of carbonyl (C=O) groups is 1. The maximum atomic E-state index is 14.1. The number of benzene rings is 2. The number of nitrogens with zero attached hydrogens (tertiary/aromatic N) is 2. The van der Waals surface area contributed by atoms with E-state index in [4.69, 9.17) is 9.57 Å². The number of hydroxylamine groups is 2. The van der Waals surface area contributed by atoms with E-state index in [9.17, 15) is 14.3 Å². The number of hydrogen-bond donors (Lipinski definition) is 1. The molecular formula is C24H29FN2O4. The van der Waals surface area contributed by atoms with Crippen molar-refractivity contribution < 1.29 is 23.9 Å². The number of aliphatic hydroxyl groups excluding tert-OH is 1. The first-order chi connectivity index (χ1) is 15.1. The van der Waals surface area contributed by atoms with Gasteiger partial charge in [0.1, 0.15) is 0 Å². The Morgan fingerprint density at radius 3 is 2.77 bits per heavy atom. The molecule has 1 saturated carbocycles. The third-order valence-electron chi connectivity index (χ3n) is 5.94. The van der Waals surface area contributed by atoms with Crippen LogP contribution in [0, 0.1) is 11.7 Å². The lowest BCUT2D eigenvalue weighted by Gasteiger charge is -2.26. The van der Waals surface area contributed by atoms with Crippen molar-refractivity contribution in [3.05, 3.63) is 59.4 Å². The SMILES string of the molecule is COc1ccc(CN(OCC2CC2)C(=O)c2cccc(N3CCC[C@@H]3CO)c2)cc1F. The standard InChI is InChI=1S/C24H29FN2O4/c1-30-23-10-9-18(12-22(23)25)14-27(31-16-17-7-8-17)24(29)19-4-2-5-20(13-19)26-11-3-6-21(26)15-28/h2,4-5,9-10,12-13,17,21,28H,3,6-8,11,14-16H2,1H3/t21-/m1/s1. The second-order valence-electron chi connectivity index (χ2n) is 8.27. The Bertz CT molecular complexity index is 918. The molecule has 0 spiro atoms. The Morgan fingerprint density at radius 1 is 1.23 bits per heavy atom. The molecule has 0 radical (unpaired) electrons. The van der Waals surface area contributed by atoms with Crippen molar-refractivity contribution in [3.63, 3.8) is 0 Å². The summed E-state index contributed by atoms with van der Waals surface area (Å²) in [4.78, 5) is 21.3. The van der Waals surface area contributed by atoms with E-state index in [0.29, 0.717) is 23.7 Å². The van der Waals surface area contributed by atoms with Crippen molar-refractivity contribution in [1.29, 1.82) is 0 Å². The van der Waals surface area contributed by atoms with Crippen molar-refractivity contribution >= 4 is 11.6 Å². The molecule has 1 aliphatic heterocycles. The molecule has 1 amide bonds. The summed E-state index contributed by atoms with van der Waals surface area (Å²) in [7, 11) is 1.42. The minimum atomic E-state index is -0.472. The van der Waals surface area contributed by atoms with E-state index in [1.54, 1.807) is 18.2 Å². The molecule has 6 nitrogen and oxygen atoms in total. The van der Waals surface area contributed by atoms with Gasteiger partial charge >= 0.3 is 0 Å². The molecule has 1 atom stereocenters. The van der Waals surface area contributed by atoms with Crippen LogP contribution in [0.3, 0.4) is 0 Å². The summed E-state index contributed by atoms with van der Waals surface area (Å²) in [6, 6.07) is 12.1. The van der Waals surface area contributed by atoms with Gasteiger partial charge in [-0.2, -0.15) is 0 Å². The topological polar surface area (TPSA) is 62.2 Å². The maximum absolute atomic E-state index is 14.1. The highest BCUT2D eigenvalue weighted by atomic mass is 19.1. The van der Waals surface area contributed by atoms with E-state index in [-0.39, 0.29) is 30.9 Å². The molecule has 2 fully saturated rings. The zero-order chi connectivity index (χ0) is 21.8. The number of aliphatic hydroxyl groups is 1. The van der Waals surface area contributed by atoms with Crippen LogP contribution in [0.1, 0.15) is 41.6 Å². The van der Waals surface area contributed by atoms with E-state index in [1.165, 1.54) is 18.2 Å². The van der Waals surface area contributed by atoms with E-state index in [2.05, 4.69) is 4.90 Å². The summed E-state index contributed by atoms with van der Waals surface area (Å²) in [5, 5.41) is 11.0. The van der Waals surface area contributed by atoms with Gasteiger partial charge < -0.3 is 14.7 Å². The molecule has 2 aromatic carbocycles. The van der Waals surface area contributed by atoms with E-state index < -0.39 is 5.82 Å². The predicted molar refractivity (Wildman–Crippen MR) is 115 cm³/mol. The summed E-state index contributed by atoms with van der Waals surface area (Å²) < 4.78 is 19.1. The number of carbonyl (C=O) groups excluding carboxylic acids is 1. The molecule has 7 heteroatoms. The second kappa shape index (κ2) is 9.66. The third kappa shape index (κ3) is 5.17. The van der Waals surface area contributed by atoms with Crippen LogP contribution in [0.2, 0.25) is 0 Å². The lowest BCUT2D eigenvalue weighted by atomic mass is 10.1. The summed E-state index contributed by atoms with van der Waals surface area (Å²) in [5.41, 5.74) is 2.05. The molecule has 0 unspecified atom stereocenters. The average molecular weight is 429 g/mol. The average Bonchev–Trinajstić information content (AvgIpc) is 3.50. The molecule has 166 valence electrons. The van der Waals surface area contributed by atoms with Gasteiger partial charge in [0.25, 0.3) is 5.91 Å². The van der Waals surface area contributed by atoms with Crippen LogP contribution in [0.4, 0.5) is 10.1 Å². The Morgan fingerprint density at radius 2 is 2.06 bits per heavy atom. The first kappa shape index (κ1) is 21.6. The van der Waals surface area contributed by atoms with Crippen LogP contribution in [0.25, 0.3) is 0 Å². The molecule has 0 bridgehead atoms. The summed E-state index contributed by atoms with van der Waals surface area (Å²) in [6.07, 6.45) is 4.16. The molecule has 2 aliphatic rings. The Kier molecular flexibility index (Phi) is 6.73. The smallest absolute Gasteiger partial charge is 0.277 e. The van der Waals surface area contributed by atoms with E-state index in [0.717, 1.165) is 37.9 Å². The van der Waals surface area contributed by atoms with Crippen LogP contribution in [-0.2, 0) is 11.4 Å². The molecule has 4 rings (SSSR count). The van der Waals surface area contributed by atoms with Gasteiger partial charge in [-0.15, -0.1) is 0 Å². The number of hydrogen-bond acceptors (Lipinski definition) is 5. The minimum Gasteiger partial charge on any atom is -0.494 e. The third-order valence-corrected chi connectivity index (χ3v) is 5.94. The fourth-order valence-electron chi connectivity index (χ4n) is 3.96. The highest BCUT2D eigenvalue weighted by molar-refractivity contribution is 5.94. The van der Waals surface area contributed by atoms with Gasteiger partial charge in [-0.05, 0) is 67.5 Å². The quantitative estimate of drug-likeness (QED) is 0.616. The first-order valence-corrected chi connectivity index (χ1v) is 10.8. The minimum absolute atomic E-state index is 0.0786. The number of ether oxygens (including phenoxy) is 1. The summed E-state index contributed by atoms with van der Waals surface area (Å²) in [5.74, 6) is -0.0967. The molecule has 0 aromatic heterocycles. The number of anilines is 1. The van der Waals surface area contributed by atoms with Gasteiger partial charge in [0.05, 0.1) is 32.9 Å². The van der Waals surface area contributed by atoms with Crippen LogP contribution in [0.5, 0.6) is 5.75 Å². The monoisotopic (exact) mass is 428 g/mol. The van der Waals surface area contributed by atoms with Crippen LogP contribution in [0.15, 0.2) is 42.5 Å². The van der Waals surface area contributed by atoms with Crippen molar-refractivity contribution in [2.75, 3.05) is 31.8 Å². The number of halogens is 1. The van der Waals surface area contributed by atoms with Crippen molar-refractivity contribution in [2.24, 2.45) is 5.92 Å². The molecule has 1 N–H and O–H groups in total. The Labute approximate surface area is 182 Å². The van der Waals surface area contributed by atoms with Gasteiger partial charge in [0.2, 0.25) is 0 Å². The van der Waals surface area contributed by atoms with Gasteiger partial charge in [-0.1, -0.05) is 12.1 Å². The fourth-order valence-corrected chi connectivity index (χ4v) is 3.96. The van der Waals surface area contributed by atoms with Crippen molar-refractivity contribution in [3.8, 4) is 5.75 Å². The molecule has 31 heavy (non-hydrogen) atoms. The number of methoxy groups -OCH3 is 1. The van der Waals surface area contributed by atoms with E-state index in [1.807, 2.05) is 18.2 Å². The molecular weight excluding hydrogens is 399 g/mol. The van der Waals surface area contributed by atoms with Crippen LogP contribution >= 0.6 is 0 Å². The van der Waals surface area contributed by atoms with Crippen molar-refractivity contribution in [2.45, 2.75) is 38.3 Å². The molecule has 1 aliphatic carbocycles. The normalized spacial score (nSPS) is 18.3. The molecule has 2 aromatic rings. The zero-order valence-electron chi connectivity index (χ0n) is 17.8. The summed E-state index contributed by atoms with van der Waals surface area (Å²) >= 11 is 0. The van der Waals surface area contributed by atoms with Crippen LogP contribution in [-0.4, -0.2) is 49.0 Å². The number of rotatable bonds is 9. The highest BCUT2D eigenvalue weighted by Gasteiger charge is 2.27. The van der Waals surface area contributed by atoms with Crippen LogP contribution < -0.4 is 9.64 Å². The predicted octanol–water partition coefficient (Wildman–Crippen LogP) is 3.78. The largest absolute Gasteiger partial charge is 0.494 e. The maximum Gasteiger partial charge on any atom is 0.277 e. The Balaban J connectivity index is 1.54. The highest BCUT2D eigenvalue weighted by Crippen LogP contribution is 2.30. The second-order valence-corrected chi connectivity index (χ2v) is 8.27. The van der Waals surface area contributed by atoms with Crippen molar-refractivity contribution in [1.82, 2.24) is 5.06 Å². The van der Waals surface area contributed by atoms with Gasteiger partial charge in [-0.3, -0.25) is 9.63 Å². The fraction of sp³-hybridized carbons (Fsp3) is 0.458. The number of amides is 1. The first-order valence-electron chi connectivity index (χ1n) is 10.8. The Hall–Kier alpha value is -2.64. The zero-order valence-corrected chi connectivity index (χ0v) is 17.8. The molecule has 1 saturated heterocycles. The van der Waals surface area contributed by atoms with Gasteiger partial charge in [-0.25, -0.2) is 9.45 Å².